The summed E-state index contributed by atoms with van der Waals surface area (Å²) in [5.74, 6) is -0.638. The Labute approximate surface area is 185 Å². The quantitative estimate of drug-likeness (QED) is 0.201. The van der Waals surface area contributed by atoms with E-state index in [-0.39, 0.29) is 27.7 Å². The van der Waals surface area contributed by atoms with Crippen molar-refractivity contribution in [3.8, 4) is 17.6 Å². The minimum atomic E-state index is -0.636. The number of nitrogens with zero attached hydrogens (tertiary/aromatic N) is 1. The van der Waals surface area contributed by atoms with Crippen LogP contribution < -0.4 is 14.8 Å². The smallest absolute Gasteiger partial charge is 0.343 e. The van der Waals surface area contributed by atoms with E-state index in [0.717, 1.165) is 12.8 Å². The number of nitriles is 1. The molecule has 2 rings (SSSR count). The van der Waals surface area contributed by atoms with Crippen LogP contribution in [0.3, 0.4) is 0 Å². The molecule has 6 nitrogen and oxygen atoms in total. The molecule has 1 N–H and O–H groups in total. The van der Waals surface area contributed by atoms with Crippen molar-refractivity contribution >= 4 is 41.2 Å². The third-order valence-corrected chi connectivity index (χ3v) is 4.78. The van der Waals surface area contributed by atoms with Crippen LogP contribution in [0.4, 0.5) is 0 Å². The van der Waals surface area contributed by atoms with E-state index in [2.05, 4.69) is 5.32 Å². The van der Waals surface area contributed by atoms with Gasteiger partial charge in [-0.1, -0.05) is 42.6 Å². The van der Waals surface area contributed by atoms with Crippen molar-refractivity contribution in [1.29, 1.82) is 5.26 Å². The number of carbonyl (C=O) groups is 2. The number of hydrogen-bond donors (Lipinski definition) is 1. The molecule has 0 heterocycles. The minimum absolute atomic E-state index is 0.0336. The first-order valence-corrected chi connectivity index (χ1v) is 9.90. The van der Waals surface area contributed by atoms with Gasteiger partial charge in [0, 0.05) is 6.54 Å². The summed E-state index contributed by atoms with van der Waals surface area (Å²) in [7, 11) is 1.42. The van der Waals surface area contributed by atoms with Crippen LogP contribution in [0.15, 0.2) is 42.0 Å². The van der Waals surface area contributed by atoms with E-state index < -0.39 is 11.9 Å². The monoisotopic (exact) mass is 446 g/mol. The van der Waals surface area contributed by atoms with E-state index in [1.54, 1.807) is 12.1 Å². The van der Waals surface area contributed by atoms with Crippen LogP contribution in [0.1, 0.15) is 35.7 Å². The Kier molecular flexibility index (Phi) is 8.72. The van der Waals surface area contributed by atoms with Crippen LogP contribution in [-0.4, -0.2) is 25.5 Å². The summed E-state index contributed by atoms with van der Waals surface area (Å²) in [6, 6.07) is 11.0. The predicted octanol–water partition coefficient (Wildman–Crippen LogP) is 5.04. The molecule has 0 atom stereocenters. The number of hydrogen-bond acceptors (Lipinski definition) is 5. The highest BCUT2D eigenvalue weighted by molar-refractivity contribution is 6.42. The van der Waals surface area contributed by atoms with Crippen LogP contribution in [0.25, 0.3) is 6.08 Å². The van der Waals surface area contributed by atoms with E-state index in [1.807, 2.05) is 13.0 Å². The van der Waals surface area contributed by atoms with E-state index in [0.29, 0.717) is 17.1 Å². The Morgan fingerprint density at radius 3 is 2.53 bits per heavy atom. The zero-order valence-electron chi connectivity index (χ0n) is 16.5. The summed E-state index contributed by atoms with van der Waals surface area (Å²) in [6.45, 7) is 2.51. The number of benzene rings is 2. The fourth-order valence-electron chi connectivity index (χ4n) is 2.43. The number of unbranched alkanes of at least 4 members (excludes halogenated alkanes) is 1. The van der Waals surface area contributed by atoms with E-state index >= 15 is 0 Å². The number of rotatable bonds is 8. The lowest BCUT2D eigenvalue weighted by Gasteiger charge is -2.10. The average Bonchev–Trinajstić information content (AvgIpc) is 2.74. The average molecular weight is 447 g/mol. The molecule has 2 aromatic carbocycles. The molecule has 0 fully saturated rings. The van der Waals surface area contributed by atoms with Crippen molar-refractivity contribution in [3.05, 3.63) is 63.1 Å². The lowest BCUT2D eigenvalue weighted by Crippen LogP contribution is -2.25. The van der Waals surface area contributed by atoms with Gasteiger partial charge in [-0.2, -0.15) is 5.26 Å². The maximum Gasteiger partial charge on any atom is 0.343 e. The lowest BCUT2D eigenvalue weighted by atomic mass is 10.1. The first kappa shape index (κ1) is 23.3. The number of methoxy groups -OCH3 is 1. The van der Waals surface area contributed by atoms with Gasteiger partial charge in [0.15, 0.2) is 11.5 Å². The minimum Gasteiger partial charge on any atom is -0.493 e. The van der Waals surface area contributed by atoms with Crippen molar-refractivity contribution in [1.82, 2.24) is 5.32 Å². The lowest BCUT2D eigenvalue weighted by molar-refractivity contribution is -0.117. The molecular formula is C22H20Cl2N2O4. The second-order valence-electron chi connectivity index (χ2n) is 6.21. The fraction of sp³-hybridized carbons (Fsp3) is 0.227. The second-order valence-corrected chi connectivity index (χ2v) is 7.02. The van der Waals surface area contributed by atoms with Crippen molar-refractivity contribution in [2.75, 3.05) is 13.7 Å². The number of amides is 1. The number of esters is 1. The molecule has 0 bridgehead atoms. The molecule has 30 heavy (non-hydrogen) atoms. The zero-order valence-corrected chi connectivity index (χ0v) is 18.0. The van der Waals surface area contributed by atoms with Gasteiger partial charge in [-0.15, -0.1) is 0 Å². The van der Waals surface area contributed by atoms with Crippen molar-refractivity contribution in [3.63, 3.8) is 0 Å². The molecule has 8 heteroatoms. The summed E-state index contributed by atoms with van der Waals surface area (Å²) in [6.07, 6.45) is 3.21. The van der Waals surface area contributed by atoms with Gasteiger partial charge in [0.2, 0.25) is 0 Å². The molecule has 0 saturated carbocycles. The van der Waals surface area contributed by atoms with Crippen LogP contribution in [0, 0.1) is 11.3 Å². The maximum absolute atomic E-state index is 12.4. The molecule has 0 spiro atoms. The Morgan fingerprint density at radius 1 is 1.13 bits per heavy atom. The predicted molar refractivity (Wildman–Crippen MR) is 116 cm³/mol. The van der Waals surface area contributed by atoms with Crippen molar-refractivity contribution in [2.45, 2.75) is 19.8 Å². The summed E-state index contributed by atoms with van der Waals surface area (Å²) in [5, 5.41) is 12.5. The first-order chi connectivity index (χ1) is 14.4. The topological polar surface area (TPSA) is 88.4 Å². The van der Waals surface area contributed by atoms with E-state index in [1.165, 1.54) is 37.5 Å². The number of carbonyl (C=O) groups excluding carboxylic acids is 2. The molecule has 0 aliphatic carbocycles. The fourth-order valence-corrected chi connectivity index (χ4v) is 2.73. The van der Waals surface area contributed by atoms with Gasteiger partial charge < -0.3 is 14.8 Å². The summed E-state index contributed by atoms with van der Waals surface area (Å²) < 4.78 is 10.7. The molecule has 156 valence electrons. The van der Waals surface area contributed by atoms with Gasteiger partial charge in [-0.3, -0.25) is 4.79 Å². The summed E-state index contributed by atoms with van der Waals surface area (Å²) in [4.78, 5) is 24.5. The van der Waals surface area contributed by atoms with Gasteiger partial charge in [-0.25, -0.2) is 4.79 Å². The van der Waals surface area contributed by atoms with E-state index in [4.69, 9.17) is 32.7 Å². The normalized spacial score (nSPS) is 10.8. The highest BCUT2D eigenvalue weighted by Crippen LogP contribution is 2.30. The maximum atomic E-state index is 12.4. The molecule has 1 amide bonds. The molecule has 0 unspecified atom stereocenters. The van der Waals surface area contributed by atoms with Crippen LogP contribution in [0.5, 0.6) is 11.5 Å². The number of ether oxygens (including phenoxy) is 2. The van der Waals surface area contributed by atoms with Crippen LogP contribution in [0.2, 0.25) is 10.0 Å². The van der Waals surface area contributed by atoms with Gasteiger partial charge in [0.05, 0.1) is 22.7 Å². The zero-order chi connectivity index (χ0) is 22.1. The summed E-state index contributed by atoms with van der Waals surface area (Å²) in [5.41, 5.74) is 0.739. The molecule has 0 aromatic heterocycles. The molecule has 0 aliphatic heterocycles. The third-order valence-electron chi connectivity index (χ3n) is 4.04. The van der Waals surface area contributed by atoms with Gasteiger partial charge in [-0.05, 0) is 48.4 Å². The molecule has 0 radical (unpaired) electrons. The highest BCUT2D eigenvalue weighted by Gasteiger charge is 2.15. The SMILES string of the molecule is CCCCNC(=O)/C(C#N)=C/c1ccc(OC(=O)c2ccc(Cl)c(Cl)c2)c(OC)c1. The number of halogens is 2. The third kappa shape index (κ3) is 6.24. The molecule has 0 aliphatic rings. The highest BCUT2D eigenvalue weighted by atomic mass is 35.5. The van der Waals surface area contributed by atoms with Crippen LogP contribution >= 0.6 is 23.2 Å². The van der Waals surface area contributed by atoms with Crippen molar-refractivity contribution < 1.29 is 19.1 Å². The molecule has 2 aromatic rings. The Balaban J connectivity index is 2.21. The Morgan fingerprint density at radius 2 is 1.90 bits per heavy atom. The van der Waals surface area contributed by atoms with Crippen LogP contribution in [-0.2, 0) is 4.79 Å². The first-order valence-electron chi connectivity index (χ1n) is 9.14. The Bertz CT molecular complexity index is 1010. The second kappa shape index (κ2) is 11.2. The Hall–Kier alpha value is -3.01. The summed E-state index contributed by atoms with van der Waals surface area (Å²) >= 11 is 11.8. The van der Waals surface area contributed by atoms with Gasteiger partial charge >= 0.3 is 5.97 Å². The standard InChI is InChI=1S/C22H20Cl2N2O4/c1-3-4-9-26-21(27)16(13-25)10-14-5-8-19(20(11-14)29-2)30-22(28)15-6-7-17(23)18(24)12-15/h5-8,10-12H,3-4,9H2,1-2H3,(H,26,27)/b16-10+. The van der Waals surface area contributed by atoms with E-state index in [9.17, 15) is 14.9 Å². The number of nitrogens with one attached hydrogen (secondary N) is 1. The van der Waals surface area contributed by atoms with Gasteiger partial charge in [0.1, 0.15) is 11.6 Å². The van der Waals surface area contributed by atoms with Crippen molar-refractivity contribution in [2.24, 2.45) is 0 Å². The molecular weight excluding hydrogens is 427 g/mol. The molecule has 0 saturated heterocycles. The largest absolute Gasteiger partial charge is 0.493 e. The van der Waals surface area contributed by atoms with Gasteiger partial charge in [0.25, 0.3) is 5.91 Å².